The molecule has 0 saturated heterocycles. The standard InChI is InChI=1S/C19H18N2O7/c22-11-5-4-10(8-13(11)24)18(26)20-6-7-21-19(27)16-9-14(25)17-12(23)2-1-3-15(17)28-16/h1-5,8-9,14,22-25H,6-7H2,(H,20,26)(H,21,27). The summed E-state index contributed by atoms with van der Waals surface area (Å²) in [4.78, 5) is 24.1. The summed E-state index contributed by atoms with van der Waals surface area (Å²) in [5.41, 5.74) is 0.336. The number of carbonyl (C=O) groups is 2. The molecule has 2 amide bonds. The fourth-order valence-electron chi connectivity index (χ4n) is 2.63. The topological polar surface area (TPSA) is 148 Å². The number of phenolic OH excluding ortho intramolecular Hbond substituents is 3. The van der Waals surface area contributed by atoms with Crippen LogP contribution in [0, 0.1) is 0 Å². The van der Waals surface area contributed by atoms with Gasteiger partial charge in [0.05, 0.1) is 5.56 Å². The maximum absolute atomic E-state index is 12.2. The Balaban J connectivity index is 1.51. The van der Waals surface area contributed by atoms with E-state index in [1.807, 2.05) is 0 Å². The molecule has 6 N–H and O–H groups in total. The molecular weight excluding hydrogens is 368 g/mol. The van der Waals surface area contributed by atoms with Crippen LogP contribution in [0.5, 0.6) is 23.0 Å². The molecule has 2 aromatic carbocycles. The van der Waals surface area contributed by atoms with E-state index in [-0.39, 0.29) is 47.2 Å². The number of hydrogen-bond donors (Lipinski definition) is 6. The smallest absolute Gasteiger partial charge is 0.286 e. The number of amides is 2. The number of fused-ring (bicyclic) bond motifs is 1. The van der Waals surface area contributed by atoms with Gasteiger partial charge in [-0.05, 0) is 36.4 Å². The number of benzene rings is 2. The first-order valence-electron chi connectivity index (χ1n) is 8.35. The summed E-state index contributed by atoms with van der Waals surface area (Å²) in [5, 5.41) is 43.6. The van der Waals surface area contributed by atoms with Crippen LogP contribution in [0.3, 0.4) is 0 Å². The van der Waals surface area contributed by atoms with Gasteiger partial charge in [-0.1, -0.05) is 6.07 Å². The van der Waals surface area contributed by atoms with Crippen LogP contribution in [0.1, 0.15) is 22.0 Å². The highest BCUT2D eigenvalue weighted by Gasteiger charge is 2.26. The van der Waals surface area contributed by atoms with Crippen molar-refractivity contribution in [3.63, 3.8) is 0 Å². The Morgan fingerprint density at radius 3 is 2.36 bits per heavy atom. The molecule has 0 fully saturated rings. The molecule has 0 radical (unpaired) electrons. The lowest BCUT2D eigenvalue weighted by Crippen LogP contribution is -2.36. The zero-order valence-electron chi connectivity index (χ0n) is 14.5. The van der Waals surface area contributed by atoms with E-state index in [9.17, 15) is 30.0 Å². The van der Waals surface area contributed by atoms with Crippen molar-refractivity contribution < 1.29 is 34.8 Å². The summed E-state index contributed by atoms with van der Waals surface area (Å²) < 4.78 is 5.41. The third-order valence-electron chi connectivity index (χ3n) is 4.03. The number of hydrogen-bond acceptors (Lipinski definition) is 7. The number of phenols is 3. The molecule has 1 atom stereocenters. The van der Waals surface area contributed by atoms with Crippen molar-refractivity contribution in [1.29, 1.82) is 0 Å². The number of carbonyl (C=O) groups excluding carboxylic acids is 2. The zero-order chi connectivity index (χ0) is 20.3. The molecule has 28 heavy (non-hydrogen) atoms. The van der Waals surface area contributed by atoms with Gasteiger partial charge in [-0.3, -0.25) is 9.59 Å². The third-order valence-corrected chi connectivity index (χ3v) is 4.03. The molecule has 0 bridgehead atoms. The molecule has 9 heteroatoms. The molecule has 0 saturated carbocycles. The Kier molecular flexibility index (Phi) is 5.37. The largest absolute Gasteiger partial charge is 0.507 e. The van der Waals surface area contributed by atoms with Crippen LogP contribution in [-0.2, 0) is 4.79 Å². The van der Waals surface area contributed by atoms with Gasteiger partial charge in [-0.25, -0.2) is 0 Å². The Hall–Kier alpha value is -3.72. The molecule has 3 rings (SSSR count). The quantitative estimate of drug-likeness (QED) is 0.327. The zero-order valence-corrected chi connectivity index (χ0v) is 14.5. The van der Waals surface area contributed by atoms with E-state index >= 15 is 0 Å². The van der Waals surface area contributed by atoms with Crippen molar-refractivity contribution in [2.24, 2.45) is 0 Å². The number of aliphatic hydroxyl groups is 1. The lowest BCUT2D eigenvalue weighted by molar-refractivity contribution is -0.119. The number of ether oxygens (including phenoxy) is 1. The fraction of sp³-hybridized carbons (Fsp3) is 0.158. The summed E-state index contributed by atoms with van der Waals surface area (Å²) in [6, 6.07) is 8.11. The molecule has 0 aliphatic carbocycles. The molecule has 2 aromatic rings. The predicted molar refractivity (Wildman–Crippen MR) is 96.9 cm³/mol. The van der Waals surface area contributed by atoms with Gasteiger partial charge in [0.1, 0.15) is 17.6 Å². The number of aromatic hydroxyl groups is 3. The molecule has 146 valence electrons. The van der Waals surface area contributed by atoms with Gasteiger partial charge >= 0.3 is 0 Å². The maximum atomic E-state index is 12.2. The van der Waals surface area contributed by atoms with Crippen LogP contribution in [0.4, 0.5) is 0 Å². The molecule has 0 spiro atoms. The minimum atomic E-state index is -1.19. The highest BCUT2D eigenvalue weighted by molar-refractivity contribution is 5.95. The van der Waals surface area contributed by atoms with E-state index in [1.165, 1.54) is 36.4 Å². The minimum Gasteiger partial charge on any atom is -0.507 e. The monoisotopic (exact) mass is 386 g/mol. The van der Waals surface area contributed by atoms with E-state index in [0.717, 1.165) is 6.07 Å². The van der Waals surface area contributed by atoms with Crippen molar-refractivity contribution in [2.75, 3.05) is 13.1 Å². The molecule has 1 aliphatic rings. The average molecular weight is 386 g/mol. The van der Waals surface area contributed by atoms with Crippen molar-refractivity contribution in [3.05, 3.63) is 59.4 Å². The van der Waals surface area contributed by atoms with Gasteiger partial charge in [0, 0.05) is 18.7 Å². The molecule has 1 heterocycles. The Morgan fingerprint density at radius 2 is 1.64 bits per heavy atom. The Bertz CT molecular complexity index is 955. The molecule has 9 nitrogen and oxygen atoms in total. The Labute approximate surface area is 159 Å². The van der Waals surface area contributed by atoms with Crippen molar-refractivity contribution in [1.82, 2.24) is 10.6 Å². The van der Waals surface area contributed by atoms with Crippen LogP contribution in [0.25, 0.3) is 0 Å². The van der Waals surface area contributed by atoms with Gasteiger partial charge in [0.25, 0.3) is 11.8 Å². The van der Waals surface area contributed by atoms with Crippen LogP contribution in [0.15, 0.2) is 48.2 Å². The summed E-state index contributed by atoms with van der Waals surface area (Å²) in [7, 11) is 0. The Morgan fingerprint density at radius 1 is 0.929 bits per heavy atom. The lowest BCUT2D eigenvalue weighted by Gasteiger charge is -2.22. The first-order chi connectivity index (χ1) is 13.4. The van der Waals surface area contributed by atoms with Gasteiger partial charge in [0.15, 0.2) is 17.3 Å². The van der Waals surface area contributed by atoms with Gasteiger partial charge in [0.2, 0.25) is 0 Å². The molecule has 1 unspecified atom stereocenters. The molecular formula is C19H18N2O7. The van der Waals surface area contributed by atoms with Crippen LogP contribution in [0.2, 0.25) is 0 Å². The van der Waals surface area contributed by atoms with Crippen molar-refractivity contribution >= 4 is 11.8 Å². The van der Waals surface area contributed by atoms with E-state index in [1.54, 1.807) is 0 Å². The van der Waals surface area contributed by atoms with Gasteiger partial charge < -0.3 is 35.8 Å². The normalized spacial score (nSPS) is 15.0. The average Bonchev–Trinajstić information content (AvgIpc) is 2.66. The maximum Gasteiger partial charge on any atom is 0.286 e. The number of nitrogens with one attached hydrogen (secondary N) is 2. The highest BCUT2D eigenvalue weighted by Crippen LogP contribution is 2.38. The summed E-state index contributed by atoms with van der Waals surface area (Å²) in [6.45, 7) is 0.178. The van der Waals surface area contributed by atoms with E-state index in [2.05, 4.69) is 10.6 Å². The predicted octanol–water partition coefficient (Wildman–Crippen LogP) is 0.659. The van der Waals surface area contributed by atoms with E-state index < -0.39 is 23.7 Å². The SMILES string of the molecule is O=C(NCCNC(=O)c1ccc(O)c(O)c1)C1=CC(O)c2c(O)cccc2O1. The number of rotatable bonds is 5. The molecule has 0 aromatic heterocycles. The second-order valence-electron chi connectivity index (χ2n) is 5.98. The number of aliphatic hydroxyl groups excluding tert-OH is 1. The third kappa shape index (κ3) is 3.99. The highest BCUT2D eigenvalue weighted by atomic mass is 16.5. The van der Waals surface area contributed by atoms with Gasteiger partial charge in [-0.15, -0.1) is 0 Å². The van der Waals surface area contributed by atoms with E-state index in [4.69, 9.17) is 4.74 Å². The van der Waals surface area contributed by atoms with Crippen molar-refractivity contribution in [2.45, 2.75) is 6.10 Å². The second kappa shape index (κ2) is 7.89. The minimum absolute atomic E-state index is 0.0817. The van der Waals surface area contributed by atoms with Crippen molar-refractivity contribution in [3.8, 4) is 23.0 Å². The fourth-order valence-corrected chi connectivity index (χ4v) is 2.63. The first kappa shape index (κ1) is 19.1. The lowest BCUT2D eigenvalue weighted by atomic mass is 10.0. The first-order valence-corrected chi connectivity index (χ1v) is 8.35. The molecule has 1 aliphatic heterocycles. The van der Waals surface area contributed by atoms with Crippen LogP contribution >= 0.6 is 0 Å². The summed E-state index contributed by atoms with van der Waals surface area (Å²) >= 11 is 0. The second-order valence-corrected chi connectivity index (χ2v) is 5.98. The van der Waals surface area contributed by atoms with Crippen LogP contribution in [-0.4, -0.2) is 45.3 Å². The van der Waals surface area contributed by atoms with E-state index in [0.29, 0.717) is 0 Å². The van der Waals surface area contributed by atoms with Crippen LogP contribution < -0.4 is 15.4 Å². The summed E-state index contributed by atoms with van der Waals surface area (Å²) in [5.74, 6) is -1.90. The summed E-state index contributed by atoms with van der Waals surface area (Å²) in [6.07, 6.45) is -0.0116. The van der Waals surface area contributed by atoms with Gasteiger partial charge in [-0.2, -0.15) is 0 Å².